The maximum absolute atomic E-state index is 11.9. The topological polar surface area (TPSA) is 64.8 Å². The van der Waals surface area contributed by atoms with Crippen molar-refractivity contribution in [3.05, 3.63) is 11.9 Å². The van der Waals surface area contributed by atoms with Crippen LogP contribution in [0.15, 0.2) is 6.20 Å². The predicted octanol–water partition coefficient (Wildman–Crippen LogP) is 2.05. The van der Waals surface area contributed by atoms with Crippen LogP contribution < -0.4 is 0 Å². The maximum Gasteiger partial charge on any atom is 0.159 e. The summed E-state index contributed by atoms with van der Waals surface area (Å²) in [5.74, 6) is 0.202. The number of aromatic nitrogens is 3. The number of hydrogen-bond donors (Lipinski definition) is 0. The van der Waals surface area contributed by atoms with E-state index >= 15 is 0 Å². The molecule has 1 aromatic rings. The van der Waals surface area contributed by atoms with Crippen LogP contribution in [0.4, 0.5) is 0 Å². The molecule has 0 saturated carbocycles. The number of nitrogens with zero attached hydrogens (tertiary/aromatic N) is 3. The number of rotatable bonds is 4. The highest BCUT2D eigenvalue weighted by Gasteiger charge is 2.24. The van der Waals surface area contributed by atoms with Crippen molar-refractivity contribution in [1.29, 1.82) is 0 Å². The van der Waals surface area contributed by atoms with Gasteiger partial charge in [-0.2, -0.15) is 0 Å². The molecule has 5 heteroatoms. The van der Waals surface area contributed by atoms with Gasteiger partial charge in [0.2, 0.25) is 0 Å². The van der Waals surface area contributed by atoms with Crippen molar-refractivity contribution in [2.45, 2.75) is 54.5 Å². The lowest BCUT2D eigenvalue weighted by atomic mass is 9.88. The Morgan fingerprint density at radius 1 is 1.05 bits per heavy atom. The largest absolute Gasteiger partial charge is 0.299 e. The molecule has 0 bridgehead atoms. The quantitative estimate of drug-likeness (QED) is 0.835. The molecule has 0 aliphatic rings. The molecule has 1 rings (SSSR count). The Labute approximate surface area is 114 Å². The maximum atomic E-state index is 11.9. The van der Waals surface area contributed by atoms with Crippen molar-refractivity contribution in [1.82, 2.24) is 15.0 Å². The standard InChI is InChI=1S/C14H23N3O2/c1-13(2,3)11(18)7-10-8-17(16-15-10)9-12(19)14(4,5)6/h8H,7,9H2,1-6H3. The molecule has 0 spiro atoms. The number of carbonyl (C=O) groups is 2. The Morgan fingerprint density at radius 3 is 2.05 bits per heavy atom. The molecule has 0 saturated heterocycles. The third-order valence-electron chi connectivity index (χ3n) is 2.91. The minimum Gasteiger partial charge on any atom is -0.299 e. The second-order valence-corrected chi connectivity index (χ2v) is 6.93. The second-order valence-electron chi connectivity index (χ2n) is 6.93. The molecule has 1 aromatic heterocycles. The Morgan fingerprint density at radius 2 is 1.58 bits per heavy atom. The van der Waals surface area contributed by atoms with E-state index in [1.807, 2.05) is 41.5 Å². The monoisotopic (exact) mass is 265 g/mol. The molecule has 0 unspecified atom stereocenters. The summed E-state index contributed by atoms with van der Waals surface area (Å²) < 4.78 is 1.50. The lowest BCUT2D eigenvalue weighted by molar-refractivity contribution is -0.127. The van der Waals surface area contributed by atoms with E-state index in [1.54, 1.807) is 6.20 Å². The van der Waals surface area contributed by atoms with Gasteiger partial charge in [0, 0.05) is 17.0 Å². The fraction of sp³-hybridized carbons (Fsp3) is 0.714. The van der Waals surface area contributed by atoms with Crippen LogP contribution in [0.3, 0.4) is 0 Å². The van der Waals surface area contributed by atoms with Gasteiger partial charge in [-0.25, -0.2) is 4.68 Å². The molecular formula is C14H23N3O2. The molecule has 0 N–H and O–H groups in total. The molecule has 0 aromatic carbocycles. The molecule has 0 aliphatic heterocycles. The summed E-state index contributed by atoms with van der Waals surface area (Å²) >= 11 is 0. The highest BCUT2D eigenvalue weighted by molar-refractivity contribution is 5.85. The highest BCUT2D eigenvalue weighted by atomic mass is 16.1. The third-order valence-corrected chi connectivity index (χ3v) is 2.91. The van der Waals surface area contributed by atoms with Crippen molar-refractivity contribution in [3.63, 3.8) is 0 Å². The van der Waals surface area contributed by atoms with Crippen LogP contribution in [0.25, 0.3) is 0 Å². The fourth-order valence-corrected chi connectivity index (χ4v) is 1.31. The Kier molecular flexibility index (Phi) is 4.28. The highest BCUT2D eigenvalue weighted by Crippen LogP contribution is 2.18. The minimum atomic E-state index is -0.395. The number of ketones is 2. The zero-order valence-electron chi connectivity index (χ0n) is 12.6. The van der Waals surface area contributed by atoms with Gasteiger partial charge in [-0.3, -0.25) is 9.59 Å². The summed E-state index contributed by atoms with van der Waals surface area (Å²) in [5, 5.41) is 7.84. The van der Waals surface area contributed by atoms with Gasteiger partial charge in [-0.1, -0.05) is 46.8 Å². The van der Waals surface area contributed by atoms with Gasteiger partial charge in [0.05, 0.1) is 12.1 Å². The van der Waals surface area contributed by atoms with E-state index in [0.717, 1.165) is 0 Å². The van der Waals surface area contributed by atoms with Gasteiger partial charge >= 0.3 is 0 Å². The molecule has 0 atom stereocenters. The summed E-state index contributed by atoms with van der Waals surface area (Å²) in [5.41, 5.74) is -0.167. The molecule has 0 aliphatic carbocycles. The number of hydrogen-bond acceptors (Lipinski definition) is 4. The first kappa shape index (κ1) is 15.5. The second kappa shape index (κ2) is 5.23. The van der Waals surface area contributed by atoms with Crippen LogP contribution in [0, 0.1) is 10.8 Å². The number of carbonyl (C=O) groups excluding carboxylic acids is 2. The normalized spacial score (nSPS) is 12.5. The molecular weight excluding hydrogens is 242 g/mol. The van der Waals surface area contributed by atoms with Crippen LogP contribution in [-0.4, -0.2) is 26.6 Å². The summed E-state index contributed by atoms with van der Waals surface area (Å²) in [6.45, 7) is 11.4. The molecule has 1 heterocycles. The summed E-state index contributed by atoms with van der Waals surface area (Å²) in [7, 11) is 0. The third kappa shape index (κ3) is 4.58. The van der Waals surface area contributed by atoms with E-state index < -0.39 is 5.41 Å². The molecule has 0 fully saturated rings. The minimum absolute atomic E-state index is 0.0890. The predicted molar refractivity (Wildman–Crippen MR) is 72.7 cm³/mol. The first-order chi connectivity index (χ1) is 8.50. The fourth-order valence-electron chi connectivity index (χ4n) is 1.31. The molecule has 19 heavy (non-hydrogen) atoms. The van der Waals surface area contributed by atoms with Gasteiger partial charge in [-0.15, -0.1) is 5.10 Å². The first-order valence-electron chi connectivity index (χ1n) is 6.46. The van der Waals surface area contributed by atoms with Crippen LogP contribution >= 0.6 is 0 Å². The molecule has 0 amide bonds. The zero-order chi connectivity index (χ0) is 14.8. The molecule has 106 valence electrons. The SMILES string of the molecule is CC(C)(C)C(=O)Cc1cn(CC(=O)C(C)(C)C)nn1. The van der Waals surface area contributed by atoms with Crippen LogP contribution in [0.1, 0.15) is 47.2 Å². The average molecular weight is 265 g/mol. The average Bonchev–Trinajstić information content (AvgIpc) is 2.62. The van der Waals surface area contributed by atoms with E-state index in [9.17, 15) is 9.59 Å². The van der Waals surface area contributed by atoms with Crippen molar-refractivity contribution in [2.24, 2.45) is 10.8 Å². The van der Waals surface area contributed by atoms with Gasteiger partial charge in [-0.05, 0) is 0 Å². The molecule has 5 nitrogen and oxygen atoms in total. The van der Waals surface area contributed by atoms with Crippen molar-refractivity contribution in [2.75, 3.05) is 0 Å². The summed E-state index contributed by atoms with van der Waals surface area (Å²) in [4.78, 5) is 23.7. The van der Waals surface area contributed by atoms with Crippen LogP contribution in [0.5, 0.6) is 0 Å². The smallest absolute Gasteiger partial charge is 0.159 e. The van der Waals surface area contributed by atoms with Crippen LogP contribution in [0.2, 0.25) is 0 Å². The Bertz CT molecular complexity index is 433. The van der Waals surface area contributed by atoms with E-state index in [2.05, 4.69) is 10.3 Å². The van der Waals surface area contributed by atoms with Crippen molar-refractivity contribution >= 4 is 11.6 Å². The van der Waals surface area contributed by atoms with Gasteiger partial charge in [0.15, 0.2) is 5.78 Å². The van der Waals surface area contributed by atoms with Gasteiger partial charge in [0.1, 0.15) is 12.3 Å². The Balaban J connectivity index is 2.69. The van der Waals surface area contributed by atoms with Gasteiger partial charge in [0.25, 0.3) is 0 Å². The molecule has 0 radical (unpaired) electrons. The van der Waals surface area contributed by atoms with E-state index in [1.165, 1.54) is 4.68 Å². The Hall–Kier alpha value is -1.52. The number of Topliss-reactive ketones (excluding diaryl/α,β-unsaturated/α-hetero) is 2. The lowest BCUT2D eigenvalue weighted by Crippen LogP contribution is -2.25. The van der Waals surface area contributed by atoms with E-state index in [-0.39, 0.29) is 29.9 Å². The van der Waals surface area contributed by atoms with Gasteiger partial charge < -0.3 is 0 Å². The first-order valence-corrected chi connectivity index (χ1v) is 6.46. The summed E-state index contributed by atoms with van der Waals surface area (Å²) in [6, 6.07) is 0. The summed E-state index contributed by atoms with van der Waals surface area (Å²) in [6.07, 6.45) is 1.93. The van der Waals surface area contributed by atoms with E-state index in [4.69, 9.17) is 0 Å². The lowest BCUT2D eigenvalue weighted by Gasteiger charge is -2.16. The van der Waals surface area contributed by atoms with Crippen molar-refractivity contribution < 1.29 is 9.59 Å². The van der Waals surface area contributed by atoms with E-state index in [0.29, 0.717) is 5.69 Å². The van der Waals surface area contributed by atoms with Crippen LogP contribution in [-0.2, 0) is 22.6 Å². The zero-order valence-corrected chi connectivity index (χ0v) is 12.6. The van der Waals surface area contributed by atoms with Crippen molar-refractivity contribution in [3.8, 4) is 0 Å².